The van der Waals surface area contributed by atoms with Crippen molar-refractivity contribution in [1.82, 2.24) is 10.1 Å². The third-order valence-corrected chi connectivity index (χ3v) is 3.89. The molecule has 0 amide bonds. The Balaban J connectivity index is 2.16. The summed E-state index contributed by atoms with van der Waals surface area (Å²) in [6, 6.07) is 0. The van der Waals surface area contributed by atoms with E-state index in [9.17, 15) is 4.79 Å². The maximum atomic E-state index is 11.6. The van der Waals surface area contributed by atoms with E-state index in [2.05, 4.69) is 17.1 Å². The fourth-order valence-corrected chi connectivity index (χ4v) is 2.91. The molecule has 1 aromatic heterocycles. The lowest BCUT2D eigenvalue weighted by Crippen LogP contribution is -2.15. The average molecular weight is 250 g/mol. The normalized spacial score (nSPS) is 25.6. The largest absolute Gasteiger partial charge is 0.339 e. The second-order valence-electron chi connectivity index (χ2n) is 5.94. The van der Waals surface area contributed by atoms with Gasteiger partial charge in [0.1, 0.15) is 5.78 Å². The van der Waals surface area contributed by atoms with Crippen LogP contribution in [0.4, 0.5) is 0 Å². The van der Waals surface area contributed by atoms with E-state index in [1.165, 1.54) is 6.42 Å². The number of carbonyl (C=O) groups is 1. The monoisotopic (exact) mass is 250 g/mol. The highest BCUT2D eigenvalue weighted by atomic mass is 16.5. The number of nitrogens with zero attached hydrogens (tertiary/aromatic N) is 2. The molecule has 0 radical (unpaired) electrons. The number of rotatable bonds is 4. The van der Waals surface area contributed by atoms with E-state index in [4.69, 9.17) is 4.52 Å². The molecule has 1 aromatic rings. The fraction of sp³-hybridized carbons (Fsp3) is 0.786. The molecule has 4 heteroatoms. The molecule has 1 fully saturated rings. The Bertz CT molecular complexity index is 425. The van der Waals surface area contributed by atoms with E-state index in [1.807, 2.05) is 13.8 Å². The van der Waals surface area contributed by atoms with Gasteiger partial charge in [0.15, 0.2) is 5.82 Å². The van der Waals surface area contributed by atoms with Crippen LogP contribution in [0.1, 0.15) is 70.5 Å². The molecule has 2 rings (SSSR count). The summed E-state index contributed by atoms with van der Waals surface area (Å²) in [5.74, 6) is 2.47. The first-order chi connectivity index (χ1) is 8.49. The molecule has 4 nitrogen and oxygen atoms in total. The van der Waals surface area contributed by atoms with Gasteiger partial charge in [-0.15, -0.1) is 0 Å². The minimum absolute atomic E-state index is 0.0972. The lowest BCUT2D eigenvalue weighted by Gasteiger charge is -2.12. The third kappa shape index (κ3) is 2.62. The van der Waals surface area contributed by atoms with Crippen molar-refractivity contribution < 1.29 is 9.32 Å². The zero-order valence-electron chi connectivity index (χ0n) is 11.6. The topological polar surface area (TPSA) is 56.0 Å². The van der Waals surface area contributed by atoms with Crippen molar-refractivity contribution in [3.05, 3.63) is 11.7 Å². The number of aromatic nitrogens is 2. The number of Topliss-reactive ketones (excluding diaryl/α,β-unsaturated/α-hetero) is 1. The summed E-state index contributed by atoms with van der Waals surface area (Å²) in [4.78, 5) is 16.1. The van der Waals surface area contributed by atoms with Crippen LogP contribution in [0.15, 0.2) is 4.52 Å². The Morgan fingerprint density at radius 1 is 1.39 bits per heavy atom. The van der Waals surface area contributed by atoms with Gasteiger partial charge >= 0.3 is 0 Å². The Hall–Kier alpha value is -1.19. The van der Waals surface area contributed by atoms with Crippen LogP contribution in [-0.4, -0.2) is 15.9 Å². The Labute approximate surface area is 108 Å². The lowest BCUT2D eigenvalue weighted by atomic mass is 9.92. The molecule has 1 aliphatic carbocycles. The van der Waals surface area contributed by atoms with Crippen molar-refractivity contribution in [1.29, 1.82) is 0 Å². The van der Waals surface area contributed by atoms with E-state index < -0.39 is 0 Å². The Morgan fingerprint density at radius 2 is 2.11 bits per heavy atom. The van der Waals surface area contributed by atoms with Crippen molar-refractivity contribution in [3.8, 4) is 0 Å². The molecular formula is C14H22N2O2. The number of carbonyl (C=O) groups excluding carboxylic acids is 1. The molecule has 0 bridgehead atoms. The Kier molecular flexibility index (Phi) is 3.83. The van der Waals surface area contributed by atoms with E-state index >= 15 is 0 Å². The summed E-state index contributed by atoms with van der Waals surface area (Å²) >= 11 is 0. The van der Waals surface area contributed by atoms with Gasteiger partial charge in [0.05, 0.1) is 5.92 Å². The lowest BCUT2D eigenvalue weighted by molar-refractivity contribution is -0.119. The van der Waals surface area contributed by atoms with Crippen LogP contribution in [0.2, 0.25) is 0 Å². The molecule has 0 aromatic carbocycles. The van der Waals surface area contributed by atoms with E-state index in [0.717, 1.165) is 24.6 Å². The molecule has 100 valence electrons. The average Bonchev–Trinajstić information content (AvgIpc) is 2.85. The minimum atomic E-state index is -0.259. The van der Waals surface area contributed by atoms with Crippen molar-refractivity contribution in [3.63, 3.8) is 0 Å². The molecule has 3 unspecified atom stereocenters. The maximum Gasteiger partial charge on any atom is 0.237 e. The van der Waals surface area contributed by atoms with Gasteiger partial charge in [-0.05, 0) is 38.0 Å². The summed E-state index contributed by atoms with van der Waals surface area (Å²) in [5.41, 5.74) is 0. The van der Waals surface area contributed by atoms with Crippen LogP contribution in [0.25, 0.3) is 0 Å². The van der Waals surface area contributed by atoms with Gasteiger partial charge in [-0.2, -0.15) is 4.98 Å². The highest BCUT2D eigenvalue weighted by molar-refractivity contribution is 5.82. The predicted octanol–water partition coefficient (Wildman–Crippen LogP) is 3.30. The molecule has 0 N–H and O–H groups in total. The standard InChI is InChI=1S/C14H22N2O2/c1-8(2)12(10(4)17)14-15-13(16-18-14)11-6-5-9(3)7-11/h8-9,11-12H,5-7H2,1-4H3. The Morgan fingerprint density at radius 3 is 2.61 bits per heavy atom. The molecule has 0 saturated heterocycles. The summed E-state index contributed by atoms with van der Waals surface area (Å²) in [7, 11) is 0. The van der Waals surface area contributed by atoms with Crippen LogP contribution in [0, 0.1) is 11.8 Å². The molecule has 0 aliphatic heterocycles. The van der Waals surface area contributed by atoms with Crippen LogP contribution >= 0.6 is 0 Å². The van der Waals surface area contributed by atoms with Gasteiger partial charge in [0.25, 0.3) is 0 Å². The molecule has 1 saturated carbocycles. The first-order valence-electron chi connectivity index (χ1n) is 6.83. The van der Waals surface area contributed by atoms with Gasteiger partial charge < -0.3 is 4.52 Å². The molecule has 1 aliphatic rings. The van der Waals surface area contributed by atoms with E-state index in [0.29, 0.717) is 11.8 Å². The van der Waals surface area contributed by atoms with Crippen LogP contribution in [0.3, 0.4) is 0 Å². The van der Waals surface area contributed by atoms with Crippen molar-refractivity contribution in [2.75, 3.05) is 0 Å². The summed E-state index contributed by atoms with van der Waals surface area (Å²) < 4.78 is 5.32. The third-order valence-electron chi connectivity index (χ3n) is 3.89. The van der Waals surface area contributed by atoms with Crippen molar-refractivity contribution >= 4 is 5.78 Å². The smallest absolute Gasteiger partial charge is 0.237 e. The number of hydrogen-bond donors (Lipinski definition) is 0. The fourth-order valence-electron chi connectivity index (χ4n) is 2.91. The zero-order valence-corrected chi connectivity index (χ0v) is 11.6. The van der Waals surface area contributed by atoms with Crippen molar-refractivity contribution in [2.24, 2.45) is 11.8 Å². The highest BCUT2D eigenvalue weighted by Gasteiger charge is 2.31. The summed E-state index contributed by atoms with van der Waals surface area (Å²) in [5, 5.41) is 4.08. The van der Waals surface area contributed by atoms with Gasteiger partial charge in [0, 0.05) is 5.92 Å². The maximum absolute atomic E-state index is 11.6. The van der Waals surface area contributed by atoms with E-state index in [-0.39, 0.29) is 17.6 Å². The summed E-state index contributed by atoms with van der Waals surface area (Å²) in [6.07, 6.45) is 3.49. The SMILES string of the molecule is CC(=O)C(c1nc(C2CCC(C)C2)no1)C(C)C. The predicted molar refractivity (Wildman–Crippen MR) is 68.3 cm³/mol. The second kappa shape index (κ2) is 5.21. The molecule has 3 atom stereocenters. The van der Waals surface area contributed by atoms with E-state index in [1.54, 1.807) is 6.92 Å². The molecule has 1 heterocycles. The van der Waals surface area contributed by atoms with Gasteiger partial charge in [-0.3, -0.25) is 4.79 Å². The van der Waals surface area contributed by atoms with Crippen LogP contribution in [0.5, 0.6) is 0 Å². The first-order valence-corrected chi connectivity index (χ1v) is 6.83. The number of hydrogen-bond acceptors (Lipinski definition) is 4. The van der Waals surface area contributed by atoms with Crippen LogP contribution in [-0.2, 0) is 4.79 Å². The minimum Gasteiger partial charge on any atom is -0.339 e. The molecule has 0 spiro atoms. The first kappa shape index (κ1) is 13.2. The summed E-state index contributed by atoms with van der Waals surface area (Å²) in [6.45, 7) is 7.86. The number of ketones is 1. The van der Waals surface area contributed by atoms with Gasteiger partial charge in [-0.25, -0.2) is 0 Å². The highest BCUT2D eigenvalue weighted by Crippen LogP contribution is 2.37. The molecular weight excluding hydrogens is 228 g/mol. The molecule has 18 heavy (non-hydrogen) atoms. The van der Waals surface area contributed by atoms with Crippen LogP contribution < -0.4 is 0 Å². The second-order valence-corrected chi connectivity index (χ2v) is 5.94. The zero-order chi connectivity index (χ0) is 13.3. The van der Waals surface area contributed by atoms with Gasteiger partial charge in [-0.1, -0.05) is 25.9 Å². The van der Waals surface area contributed by atoms with Crippen molar-refractivity contribution in [2.45, 2.75) is 58.8 Å². The quantitative estimate of drug-likeness (QED) is 0.822. The van der Waals surface area contributed by atoms with Gasteiger partial charge in [0.2, 0.25) is 5.89 Å².